The van der Waals surface area contributed by atoms with E-state index in [1.54, 1.807) is 17.8 Å². The van der Waals surface area contributed by atoms with Crippen molar-refractivity contribution in [3.05, 3.63) is 24.0 Å². The molecule has 0 spiro atoms. The number of carbonyl (C=O) groups is 1. The van der Waals surface area contributed by atoms with Gasteiger partial charge in [-0.1, -0.05) is 0 Å². The maximum Gasteiger partial charge on any atom is 0.354 e. The van der Waals surface area contributed by atoms with Gasteiger partial charge < -0.3 is 9.84 Å². The molecule has 1 N–H and O–H groups in total. The first-order chi connectivity index (χ1) is 7.75. The first kappa shape index (κ1) is 11.4. The molecule has 1 fully saturated rings. The van der Waals surface area contributed by atoms with Crippen molar-refractivity contribution < 1.29 is 14.6 Å². The highest BCUT2D eigenvalue weighted by Crippen LogP contribution is 2.28. The number of pyridine rings is 1. The molecule has 2 rings (SSSR count). The number of carboxylic acids is 1. The largest absolute Gasteiger partial charge is 0.477 e. The number of aromatic carboxylic acids is 1. The molecule has 2 heterocycles. The van der Waals surface area contributed by atoms with E-state index in [0.717, 1.165) is 31.0 Å². The summed E-state index contributed by atoms with van der Waals surface area (Å²) in [6.45, 7) is 1.59. The van der Waals surface area contributed by atoms with Crippen molar-refractivity contribution in [2.24, 2.45) is 0 Å². The summed E-state index contributed by atoms with van der Waals surface area (Å²) < 4.78 is 5.38. The molecule has 1 aliphatic rings. The summed E-state index contributed by atoms with van der Waals surface area (Å²) in [4.78, 5) is 15.5. The average molecular weight is 239 g/mol. The summed E-state index contributed by atoms with van der Waals surface area (Å²) in [6, 6.07) is 3.45. The van der Waals surface area contributed by atoms with Crippen molar-refractivity contribution in [1.29, 1.82) is 0 Å². The van der Waals surface area contributed by atoms with Gasteiger partial charge in [0.25, 0.3) is 0 Å². The van der Waals surface area contributed by atoms with Crippen molar-refractivity contribution in [1.82, 2.24) is 4.98 Å². The molecule has 86 valence electrons. The number of rotatable bonds is 3. The zero-order valence-electron chi connectivity index (χ0n) is 8.76. The lowest BCUT2D eigenvalue weighted by molar-refractivity contribution is 0.0690. The van der Waals surface area contributed by atoms with Gasteiger partial charge in [-0.2, -0.15) is 0 Å². The Kier molecular flexibility index (Phi) is 3.79. The van der Waals surface area contributed by atoms with E-state index in [-0.39, 0.29) is 5.69 Å². The Hall–Kier alpha value is -1.07. The summed E-state index contributed by atoms with van der Waals surface area (Å²) in [5, 5.41) is 9.25. The molecule has 0 aromatic carbocycles. The molecule has 1 aliphatic heterocycles. The Morgan fingerprint density at radius 2 is 2.50 bits per heavy atom. The third-order valence-corrected chi connectivity index (χ3v) is 3.60. The molecule has 1 saturated heterocycles. The molecule has 0 radical (unpaired) electrons. The molecular weight excluding hydrogens is 226 g/mol. The Bertz CT molecular complexity index is 377. The van der Waals surface area contributed by atoms with Crippen LogP contribution in [0.2, 0.25) is 0 Å². The van der Waals surface area contributed by atoms with Crippen molar-refractivity contribution >= 4 is 17.7 Å². The van der Waals surface area contributed by atoms with E-state index >= 15 is 0 Å². The van der Waals surface area contributed by atoms with Gasteiger partial charge in [-0.25, -0.2) is 9.78 Å². The first-order valence-electron chi connectivity index (χ1n) is 5.19. The standard InChI is InChI=1S/C11H13NO3S/c13-11(14)10-6-8(3-4-12-10)16-9-2-1-5-15-7-9/h3-4,6,9H,1-2,5,7H2,(H,13,14). The van der Waals surface area contributed by atoms with Gasteiger partial charge in [0.1, 0.15) is 5.69 Å². The number of thioether (sulfide) groups is 1. The smallest absolute Gasteiger partial charge is 0.354 e. The highest BCUT2D eigenvalue weighted by atomic mass is 32.2. The van der Waals surface area contributed by atoms with E-state index < -0.39 is 5.97 Å². The molecule has 16 heavy (non-hydrogen) atoms. The lowest BCUT2D eigenvalue weighted by atomic mass is 10.2. The number of aromatic nitrogens is 1. The molecule has 1 atom stereocenters. The van der Waals surface area contributed by atoms with Crippen LogP contribution in [0.5, 0.6) is 0 Å². The third kappa shape index (κ3) is 2.96. The molecule has 0 amide bonds. The highest BCUT2D eigenvalue weighted by molar-refractivity contribution is 8.00. The van der Waals surface area contributed by atoms with E-state index in [2.05, 4.69) is 4.98 Å². The van der Waals surface area contributed by atoms with Gasteiger partial charge in [-0.05, 0) is 25.0 Å². The van der Waals surface area contributed by atoms with Crippen LogP contribution in [0.4, 0.5) is 0 Å². The van der Waals surface area contributed by atoms with Crippen LogP contribution in [-0.4, -0.2) is 34.5 Å². The van der Waals surface area contributed by atoms with Crippen molar-refractivity contribution in [3.63, 3.8) is 0 Å². The minimum Gasteiger partial charge on any atom is -0.477 e. The van der Waals surface area contributed by atoms with Gasteiger partial charge >= 0.3 is 5.97 Å². The fourth-order valence-corrected chi connectivity index (χ4v) is 2.75. The van der Waals surface area contributed by atoms with Crippen LogP contribution in [0.1, 0.15) is 23.3 Å². The van der Waals surface area contributed by atoms with Gasteiger partial charge in [-0.15, -0.1) is 11.8 Å². The zero-order chi connectivity index (χ0) is 11.4. The average Bonchev–Trinajstić information content (AvgIpc) is 2.30. The summed E-state index contributed by atoms with van der Waals surface area (Å²) in [5.74, 6) is -0.984. The normalized spacial score (nSPS) is 20.6. The van der Waals surface area contributed by atoms with Gasteiger partial charge in [0.05, 0.1) is 6.61 Å². The number of nitrogens with zero attached hydrogens (tertiary/aromatic N) is 1. The van der Waals surface area contributed by atoms with Crippen LogP contribution in [0.3, 0.4) is 0 Å². The molecule has 1 aromatic rings. The molecule has 0 bridgehead atoms. The van der Waals surface area contributed by atoms with Crippen LogP contribution in [0.15, 0.2) is 23.2 Å². The van der Waals surface area contributed by atoms with E-state index in [1.165, 1.54) is 6.20 Å². The first-order valence-corrected chi connectivity index (χ1v) is 6.07. The number of hydrogen-bond donors (Lipinski definition) is 1. The zero-order valence-corrected chi connectivity index (χ0v) is 9.57. The molecule has 1 aromatic heterocycles. The highest BCUT2D eigenvalue weighted by Gasteiger charge is 2.15. The Morgan fingerprint density at radius 1 is 1.62 bits per heavy atom. The monoisotopic (exact) mass is 239 g/mol. The van der Waals surface area contributed by atoms with E-state index in [4.69, 9.17) is 9.84 Å². The Morgan fingerprint density at radius 3 is 3.19 bits per heavy atom. The second-order valence-corrected chi connectivity index (χ2v) is 5.01. The van der Waals surface area contributed by atoms with Crippen molar-refractivity contribution in [3.8, 4) is 0 Å². The quantitative estimate of drug-likeness (QED) is 0.874. The fourth-order valence-electron chi connectivity index (χ4n) is 1.60. The van der Waals surface area contributed by atoms with Gasteiger partial charge in [0.2, 0.25) is 0 Å². The number of carboxylic acid groups (broad SMARTS) is 1. The Balaban J connectivity index is 2.02. The molecular formula is C11H13NO3S. The topological polar surface area (TPSA) is 59.4 Å². The van der Waals surface area contributed by atoms with Crippen LogP contribution >= 0.6 is 11.8 Å². The van der Waals surface area contributed by atoms with Crippen LogP contribution in [0, 0.1) is 0 Å². The number of ether oxygens (including phenoxy) is 1. The maximum atomic E-state index is 10.7. The second kappa shape index (κ2) is 5.32. The van der Waals surface area contributed by atoms with Crippen LogP contribution in [0.25, 0.3) is 0 Å². The van der Waals surface area contributed by atoms with Crippen molar-refractivity contribution in [2.75, 3.05) is 13.2 Å². The van der Waals surface area contributed by atoms with Crippen LogP contribution in [-0.2, 0) is 4.74 Å². The van der Waals surface area contributed by atoms with Crippen molar-refractivity contribution in [2.45, 2.75) is 23.0 Å². The van der Waals surface area contributed by atoms with Gasteiger partial charge in [0, 0.05) is 22.9 Å². The fraction of sp³-hybridized carbons (Fsp3) is 0.455. The molecule has 5 heteroatoms. The molecule has 4 nitrogen and oxygen atoms in total. The summed E-state index contributed by atoms with van der Waals surface area (Å²) >= 11 is 1.67. The summed E-state index contributed by atoms with van der Waals surface area (Å²) in [7, 11) is 0. The molecule has 1 unspecified atom stereocenters. The van der Waals surface area contributed by atoms with E-state index in [9.17, 15) is 4.79 Å². The van der Waals surface area contributed by atoms with Gasteiger partial charge in [-0.3, -0.25) is 0 Å². The predicted molar refractivity (Wildman–Crippen MR) is 60.9 cm³/mol. The SMILES string of the molecule is O=C(O)c1cc(SC2CCCOC2)ccn1. The van der Waals surface area contributed by atoms with E-state index in [1.807, 2.05) is 6.07 Å². The minimum absolute atomic E-state index is 0.0988. The summed E-state index contributed by atoms with van der Waals surface area (Å²) in [6.07, 6.45) is 3.74. The van der Waals surface area contributed by atoms with E-state index in [0.29, 0.717) is 5.25 Å². The molecule has 0 saturated carbocycles. The number of hydrogen-bond acceptors (Lipinski definition) is 4. The second-order valence-electron chi connectivity index (χ2n) is 3.64. The predicted octanol–water partition coefficient (Wildman–Crippen LogP) is 2.05. The Labute approximate surface area is 98.0 Å². The lowest BCUT2D eigenvalue weighted by Gasteiger charge is -2.21. The lowest BCUT2D eigenvalue weighted by Crippen LogP contribution is -2.19. The summed E-state index contributed by atoms with van der Waals surface area (Å²) in [5.41, 5.74) is 0.0988. The maximum absolute atomic E-state index is 10.7. The van der Waals surface area contributed by atoms with Crippen LogP contribution < -0.4 is 0 Å². The van der Waals surface area contributed by atoms with Gasteiger partial charge in [0.15, 0.2) is 0 Å². The third-order valence-electron chi connectivity index (χ3n) is 2.37. The molecule has 0 aliphatic carbocycles. The minimum atomic E-state index is -0.984.